The minimum atomic E-state index is -0.469. The van der Waals surface area contributed by atoms with E-state index in [4.69, 9.17) is 18.0 Å². The summed E-state index contributed by atoms with van der Waals surface area (Å²) in [6.45, 7) is 0.530. The first kappa shape index (κ1) is 16.6. The lowest BCUT2D eigenvalue weighted by molar-refractivity contribution is 0.570. The minimum Gasteiger partial charge on any atom is -0.390 e. The zero-order chi connectivity index (χ0) is 16.9. The summed E-state index contributed by atoms with van der Waals surface area (Å²) < 4.78 is 13.2. The van der Waals surface area contributed by atoms with Gasteiger partial charge in [-0.3, -0.25) is 0 Å². The summed E-state index contributed by atoms with van der Waals surface area (Å²) in [4.78, 5) is 4.02. The summed E-state index contributed by atoms with van der Waals surface area (Å²) in [5.41, 5.74) is 10.2. The monoisotopic (exact) mass is 341 g/mol. The van der Waals surface area contributed by atoms with Crippen LogP contribution in [-0.2, 0) is 6.54 Å². The number of nitrogens with two attached hydrogens (primary N) is 1. The molecule has 1 aromatic carbocycles. The Morgan fingerprint density at radius 3 is 2.79 bits per heavy atom. The van der Waals surface area contributed by atoms with Crippen LogP contribution in [0.1, 0.15) is 36.3 Å². The highest BCUT2D eigenvalue weighted by Crippen LogP contribution is 2.37. The molecule has 0 fully saturated rings. The number of nitrogens with zero attached hydrogens (tertiary/aromatic N) is 1. The van der Waals surface area contributed by atoms with Crippen LogP contribution in [0.15, 0.2) is 59.9 Å². The summed E-state index contributed by atoms with van der Waals surface area (Å²) in [6, 6.07) is 13.5. The first-order valence-electron chi connectivity index (χ1n) is 8.07. The van der Waals surface area contributed by atoms with Crippen LogP contribution in [0.3, 0.4) is 0 Å². The van der Waals surface area contributed by atoms with Crippen molar-refractivity contribution in [2.45, 2.75) is 31.7 Å². The van der Waals surface area contributed by atoms with E-state index in [1.807, 2.05) is 18.2 Å². The molecule has 0 bridgehead atoms. The standard InChI is InChI=1S/C19H20FN3S/c20-17-11-13(9-10-22-17)12-23-16-8-4-7-15(18(16)19(21)24)14-5-2-1-3-6-14/h1-3,5-6,9-11,15,23H,4,7-8,12H2,(H2,21,24). The second-order valence-electron chi connectivity index (χ2n) is 5.95. The van der Waals surface area contributed by atoms with Crippen LogP contribution in [0.5, 0.6) is 0 Å². The van der Waals surface area contributed by atoms with Gasteiger partial charge in [0.2, 0.25) is 5.95 Å². The molecule has 1 aliphatic rings. The lowest BCUT2D eigenvalue weighted by Gasteiger charge is -2.29. The van der Waals surface area contributed by atoms with Crippen molar-refractivity contribution in [2.75, 3.05) is 0 Å². The van der Waals surface area contributed by atoms with Gasteiger partial charge in [0, 0.05) is 29.9 Å². The molecule has 24 heavy (non-hydrogen) atoms. The Kier molecular flexibility index (Phi) is 5.20. The first-order valence-corrected chi connectivity index (χ1v) is 8.48. The summed E-state index contributed by atoms with van der Waals surface area (Å²) in [6.07, 6.45) is 4.48. The molecule has 3 rings (SSSR count). The van der Waals surface area contributed by atoms with Crippen LogP contribution in [0, 0.1) is 5.95 Å². The van der Waals surface area contributed by atoms with Crippen LogP contribution >= 0.6 is 12.2 Å². The van der Waals surface area contributed by atoms with E-state index >= 15 is 0 Å². The molecule has 1 aromatic heterocycles. The molecule has 1 atom stereocenters. The Morgan fingerprint density at radius 1 is 1.29 bits per heavy atom. The summed E-state index contributed by atoms with van der Waals surface area (Å²) >= 11 is 5.33. The second kappa shape index (κ2) is 7.53. The molecule has 0 saturated heterocycles. The Hall–Kier alpha value is -2.27. The van der Waals surface area contributed by atoms with Crippen molar-refractivity contribution >= 4 is 17.2 Å². The maximum absolute atomic E-state index is 13.2. The molecule has 3 nitrogen and oxygen atoms in total. The van der Waals surface area contributed by atoms with Crippen molar-refractivity contribution in [3.8, 4) is 0 Å². The van der Waals surface area contributed by atoms with E-state index in [9.17, 15) is 4.39 Å². The van der Waals surface area contributed by atoms with E-state index in [-0.39, 0.29) is 5.92 Å². The number of hydrogen-bond acceptors (Lipinski definition) is 3. The maximum atomic E-state index is 13.2. The highest BCUT2D eigenvalue weighted by atomic mass is 32.1. The van der Waals surface area contributed by atoms with Gasteiger partial charge in [-0.15, -0.1) is 0 Å². The summed E-state index contributed by atoms with van der Waals surface area (Å²) in [5.74, 6) is -0.252. The first-order chi connectivity index (χ1) is 11.6. The van der Waals surface area contributed by atoms with E-state index in [1.165, 1.54) is 17.8 Å². The minimum absolute atomic E-state index is 0.217. The van der Waals surface area contributed by atoms with Crippen molar-refractivity contribution in [3.05, 3.63) is 77.0 Å². The van der Waals surface area contributed by atoms with Crippen LogP contribution in [0.4, 0.5) is 4.39 Å². The van der Waals surface area contributed by atoms with Crippen molar-refractivity contribution < 1.29 is 4.39 Å². The predicted molar refractivity (Wildman–Crippen MR) is 97.9 cm³/mol. The molecule has 1 heterocycles. The smallest absolute Gasteiger partial charge is 0.213 e. The number of hydrogen-bond donors (Lipinski definition) is 2. The van der Waals surface area contributed by atoms with Crippen LogP contribution in [0.2, 0.25) is 0 Å². The Labute approximate surface area is 146 Å². The number of benzene rings is 1. The van der Waals surface area contributed by atoms with E-state index in [0.29, 0.717) is 11.5 Å². The van der Waals surface area contributed by atoms with Gasteiger partial charge in [-0.1, -0.05) is 42.5 Å². The molecule has 0 radical (unpaired) electrons. The molecular weight excluding hydrogens is 321 g/mol. The molecule has 3 N–H and O–H groups in total. The molecular formula is C19H20FN3S. The third kappa shape index (κ3) is 3.79. The van der Waals surface area contributed by atoms with Gasteiger partial charge in [-0.05, 0) is 42.5 Å². The zero-order valence-electron chi connectivity index (χ0n) is 13.3. The topological polar surface area (TPSA) is 50.9 Å². The third-order valence-corrected chi connectivity index (χ3v) is 4.58. The SMILES string of the molecule is NC(=S)C1=C(NCc2ccnc(F)c2)CCCC1c1ccccc1. The molecule has 0 amide bonds. The van der Waals surface area contributed by atoms with E-state index in [1.54, 1.807) is 6.07 Å². The third-order valence-electron chi connectivity index (χ3n) is 4.36. The molecule has 0 spiro atoms. The van der Waals surface area contributed by atoms with E-state index < -0.39 is 5.95 Å². The normalized spacial score (nSPS) is 17.6. The van der Waals surface area contributed by atoms with E-state index in [0.717, 1.165) is 36.1 Å². The Morgan fingerprint density at radius 2 is 2.08 bits per heavy atom. The summed E-state index contributed by atoms with van der Waals surface area (Å²) in [5, 5.41) is 3.41. The number of thiocarbonyl (C=S) groups is 1. The lowest BCUT2D eigenvalue weighted by atomic mass is 9.80. The average Bonchev–Trinajstić information content (AvgIpc) is 2.60. The van der Waals surface area contributed by atoms with Crippen LogP contribution in [0.25, 0.3) is 0 Å². The Balaban J connectivity index is 1.86. The average molecular weight is 341 g/mol. The fourth-order valence-corrected chi connectivity index (χ4v) is 3.52. The molecule has 2 aromatic rings. The van der Waals surface area contributed by atoms with Gasteiger partial charge in [0.15, 0.2) is 0 Å². The number of rotatable bonds is 5. The highest BCUT2D eigenvalue weighted by Gasteiger charge is 2.26. The van der Waals surface area contributed by atoms with Crippen molar-refractivity contribution in [2.24, 2.45) is 5.73 Å². The number of pyridine rings is 1. The van der Waals surface area contributed by atoms with Crippen molar-refractivity contribution in [1.29, 1.82) is 0 Å². The quantitative estimate of drug-likeness (QED) is 0.641. The van der Waals surface area contributed by atoms with Crippen LogP contribution in [-0.4, -0.2) is 9.97 Å². The Bertz CT molecular complexity index is 758. The van der Waals surface area contributed by atoms with Gasteiger partial charge in [0.25, 0.3) is 0 Å². The molecule has 1 unspecified atom stereocenters. The zero-order valence-corrected chi connectivity index (χ0v) is 14.2. The molecule has 124 valence electrons. The molecule has 0 aliphatic heterocycles. The fourth-order valence-electron chi connectivity index (χ4n) is 3.26. The number of halogens is 1. The van der Waals surface area contributed by atoms with Gasteiger partial charge in [-0.2, -0.15) is 4.39 Å². The van der Waals surface area contributed by atoms with Crippen molar-refractivity contribution in [3.63, 3.8) is 0 Å². The van der Waals surface area contributed by atoms with Gasteiger partial charge in [0.1, 0.15) is 4.99 Å². The largest absolute Gasteiger partial charge is 0.390 e. The van der Waals surface area contributed by atoms with E-state index in [2.05, 4.69) is 22.4 Å². The lowest BCUT2D eigenvalue weighted by Crippen LogP contribution is -2.28. The number of nitrogens with one attached hydrogen (secondary N) is 1. The molecule has 0 saturated carbocycles. The predicted octanol–water partition coefficient (Wildman–Crippen LogP) is 3.82. The van der Waals surface area contributed by atoms with Crippen molar-refractivity contribution in [1.82, 2.24) is 10.3 Å². The molecule has 5 heteroatoms. The number of aromatic nitrogens is 1. The maximum Gasteiger partial charge on any atom is 0.213 e. The second-order valence-corrected chi connectivity index (χ2v) is 6.39. The summed E-state index contributed by atoms with van der Waals surface area (Å²) in [7, 11) is 0. The van der Waals surface area contributed by atoms with Gasteiger partial charge >= 0.3 is 0 Å². The van der Waals surface area contributed by atoms with Gasteiger partial charge in [0.05, 0.1) is 0 Å². The fraction of sp³-hybridized carbons (Fsp3) is 0.263. The number of allylic oxidation sites excluding steroid dienone is 1. The van der Waals surface area contributed by atoms with Crippen LogP contribution < -0.4 is 11.1 Å². The highest BCUT2D eigenvalue weighted by molar-refractivity contribution is 7.80. The van der Waals surface area contributed by atoms with Gasteiger partial charge in [-0.25, -0.2) is 4.98 Å². The molecule has 1 aliphatic carbocycles. The van der Waals surface area contributed by atoms with Gasteiger partial charge < -0.3 is 11.1 Å².